The zero-order valence-corrected chi connectivity index (χ0v) is 7.09. The minimum Gasteiger partial charge on any atom is -0.380 e. The largest absolute Gasteiger partial charge is 0.380 e. The molecule has 1 aliphatic heterocycles. The molecule has 1 saturated heterocycles. The summed E-state index contributed by atoms with van der Waals surface area (Å²) < 4.78 is 5.34. The smallest absolute Gasteiger partial charge is 0.120 e. The van der Waals surface area contributed by atoms with Gasteiger partial charge in [-0.25, -0.2) is 0 Å². The van der Waals surface area contributed by atoms with Gasteiger partial charge in [0, 0.05) is 11.8 Å². The quantitative estimate of drug-likeness (QED) is 0.559. The van der Waals surface area contributed by atoms with Gasteiger partial charge in [-0.2, -0.15) is 0 Å². The van der Waals surface area contributed by atoms with Gasteiger partial charge in [-0.05, 0) is 11.3 Å². The molecule has 2 aliphatic rings. The molecule has 0 aromatic heterocycles. The van der Waals surface area contributed by atoms with E-state index in [1.165, 1.54) is 0 Å². The summed E-state index contributed by atoms with van der Waals surface area (Å²) in [6.45, 7) is 6.14. The van der Waals surface area contributed by atoms with Gasteiger partial charge in [-0.3, -0.25) is 0 Å². The summed E-state index contributed by atoms with van der Waals surface area (Å²) in [6.07, 6.45) is 1.72. The molecule has 1 heterocycles. The third-order valence-corrected chi connectivity index (χ3v) is 3.83. The van der Waals surface area contributed by atoms with Crippen molar-refractivity contribution in [3.05, 3.63) is 0 Å². The molecule has 1 saturated carbocycles. The van der Waals surface area contributed by atoms with Crippen LogP contribution in [-0.4, -0.2) is 19.5 Å². The van der Waals surface area contributed by atoms with Crippen molar-refractivity contribution in [2.45, 2.75) is 20.3 Å². The van der Waals surface area contributed by atoms with E-state index < -0.39 is 0 Å². The van der Waals surface area contributed by atoms with Crippen molar-refractivity contribution in [2.75, 3.05) is 13.2 Å². The topological polar surface area (TPSA) is 26.3 Å². The molecule has 0 N–H and O–H groups in total. The van der Waals surface area contributed by atoms with Crippen LogP contribution >= 0.6 is 0 Å². The maximum Gasteiger partial charge on any atom is 0.120 e. The third-order valence-electron chi connectivity index (χ3n) is 3.83. The van der Waals surface area contributed by atoms with Crippen molar-refractivity contribution < 1.29 is 9.53 Å². The molecule has 2 rings (SSSR count). The lowest BCUT2D eigenvalue weighted by Crippen LogP contribution is -2.15. The Labute approximate surface area is 66.9 Å². The van der Waals surface area contributed by atoms with Crippen molar-refractivity contribution in [2.24, 2.45) is 16.7 Å². The third kappa shape index (κ3) is 0.639. The number of carbonyl (C=O) groups is 1. The van der Waals surface area contributed by atoms with Crippen LogP contribution in [0.15, 0.2) is 0 Å². The summed E-state index contributed by atoms with van der Waals surface area (Å²) in [5.41, 5.74) is 0.570. The van der Waals surface area contributed by atoms with E-state index in [0.717, 1.165) is 19.5 Å². The fourth-order valence-electron chi connectivity index (χ4n) is 2.69. The summed E-state index contributed by atoms with van der Waals surface area (Å²) in [7, 11) is 0. The Morgan fingerprint density at radius 3 is 2.82 bits per heavy atom. The van der Waals surface area contributed by atoms with Crippen LogP contribution in [0.3, 0.4) is 0 Å². The normalized spacial score (nSPS) is 45.1. The van der Waals surface area contributed by atoms with Crippen LogP contribution in [0.5, 0.6) is 0 Å². The highest BCUT2D eigenvalue weighted by Gasteiger charge is 2.73. The van der Waals surface area contributed by atoms with E-state index in [1.807, 2.05) is 0 Å². The van der Waals surface area contributed by atoms with Crippen molar-refractivity contribution >= 4 is 6.29 Å². The Bertz CT molecular complexity index is 198. The predicted molar refractivity (Wildman–Crippen MR) is 41.2 cm³/mol. The van der Waals surface area contributed by atoms with E-state index in [1.54, 1.807) is 0 Å². The second-order valence-electron chi connectivity index (χ2n) is 4.32. The number of ether oxygens (including phenoxy) is 1. The van der Waals surface area contributed by atoms with Crippen LogP contribution in [0.2, 0.25) is 0 Å². The van der Waals surface area contributed by atoms with Crippen molar-refractivity contribution in [3.63, 3.8) is 0 Å². The molecule has 2 nitrogen and oxygen atoms in total. The van der Waals surface area contributed by atoms with E-state index >= 15 is 0 Å². The van der Waals surface area contributed by atoms with Gasteiger partial charge in [-0.15, -0.1) is 0 Å². The van der Waals surface area contributed by atoms with E-state index in [2.05, 4.69) is 13.8 Å². The first kappa shape index (κ1) is 7.29. The van der Waals surface area contributed by atoms with Crippen molar-refractivity contribution in [1.82, 2.24) is 0 Å². The highest BCUT2D eigenvalue weighted by Crippen LogP contribution is 2.73. The van der Waals surface area contributed by atoms with Crippen LogP contribution < -0.4 is 0 Å². The van der Waals surface area contributed by atoms with Gasteiger partial charge in [0.2, 0.25) is 0 Å². The van der Waals surface area contributed by atoms with Crippen molar-refractivity contribution in [3.8, 4) is 0 Å². The lowest BCUT2D eigenvalue weighted by atomic mass is 9.94. The lowest BCUT2D eigenvalue weighted by molar-refractivity contribution is -0.109. The minimum atomic E-state index is 0.217. The van der Waals surface area contributed by atoms with Crippen LogP contribution in [0.4, 0.5) is 0 Å². The lowest BCUT2D eigenvalue weighted by Gasteiger charge is -2.15. The van der Waals surface area contributed by atoms with Gasteiger partial charge in [0.25, 0.3) is 0 Å². The Morgan fingerprint density at radius 2 is 2.36 bits per heavy atom. The molecule has 0 amide bonds. The summed E-state index contributed by atoms with van der Waals surface area (Å²) >= 11 is 0. The zero-order chi connectivity index (χ0) is 8.11. The molecular weight excluding hydrogens is 140 g/mol. The maximum absolute atomic E-state index is 10.4. The van der Waals surface area contributed by atoms with E-state index in [0.29, 0.717) is 17.8 Å². The Hall–Kier alpha value is -0.370. The molecule has 0 radical (unpaired) electrons. The second kappa shape index (κ2) is 1.86. The van der Waals surface area contributed by atoms with Gasteiger partial charge in [-0.1, -0.05) is 13.8 Å². The number of fused-ring (bicyclic) bond motifs is 1. The van der Waals surface area contributed by atoms with Gasteiger partial charge in [0.1, 0.15) is 6.29 Å². The first-order chi connectivity index (χ1) is 5.15. The number of rotatable bonds is 2. The predicted octanol–water partition coefficient (Wildman–Crippen LogP) is 1.25. The number of hydrogen-bond acceptors (Lipinski definition) is 2. The fraction of sp³-hybridized carbons (Fsp3) is 0.889. The number of hydrogen-bond donors (Lipinski definition) is 0. The molecule has 2 fully saturated rings. The molecule has 62 valence electrons. The minimum absolute atomic E-state index is 0.217. The monoisotopic (exact) mass is 154 g/mol. The van der Waals surface area contributed by atoms with E-state index in [4.69, 9.17) is 4.74 Å². The van der Waals surface area contributed by atoms with Gasteiger partial charge in [0.05, 0.1) is 13.2 Å². The molecule has 0 spiro atoms. The summed E-state index contributed by atoms with van der Waals surface area (Å²) in [6, 6.07) is 0. The molecule has 2 atom stereocenters. The Balaban J connectivity index is 2.19. The zero-order valence-electron chi connectivity index (χ0n) is 7.09. The molecule has 11 heavy (non-hydrogen) atoms. The standard InChI is InChI=1S/C9H14O2/c1-8(2)7-5-11-6-9(7,8)3-4-10/h4,7H,3,5-6H2,1-2H3. The maximum atomic E-state index is 10.4. The average molecular weight is 154 g/mol. The SMILES string of the molecule is CC1(C)C2COCC21CC=O. The van der Waals surface area contributed by atoms with Crippen molar-refractivity contribution in [1.29, 1.82) is 0 Å². The van der Waals surface area contributed by atoms with Crippen LogP contribution in [0.25, 0.3) is 0 Å². The van der Waals surface area contributed by atoms with E-state index in [9.17, 15) is 4.79 Å². The van der Waals surface area contributed by atoms with Crippen LogP contribution in [0.1, 0.15) is 20.3 Å². The highest BCUT2D eigenvalue weighted by molar-refractivity contribution is 5.53. The molecule has 2 unspecified atom stereocenters. The first-order valence-corrected chi connectivity index (χ1v) is 4.16. The molecule has 0 aromatic rings. The second-order valence-corrected chi connectivity index (χ2v) is 4.32. The van der Waals surface area contributed by atoms with Crippen LogP contribution in [0, 0.1) is 16.7 Å². The molecule has 1 aliphatic carbocycles. The first-order valence-electron chi connectivity index (χ1n) is 4.16. The molecule has 2 heteroatoms. The van der Waals surface area contributed by atoms with E-state index in [-0.39, 0.29) is 5.41 Å². The summed E-state index contributed by atoms with van der Waals surface area (Å²) in [5, 5.41) is 0. The Kier molecular flexibility index (Phi) is 1.23. The van der Waals surface area contributed by atoms with Crippen LogP contribution in [-0.2, 0) is 9.53 Å². The van der Waals surface area contributed by atoms with Gasteiger partial charge >= 0.3 is 0 Å². The summed E-state index contributed by atoms with van der Waals surface area (Å²) in [4.78, 5) is 10.4. The molecule has 0 bridgehead atoms. The molecular formula is C9H14O2. The average Bonchev–Trinajstić information content (AvgIpc) is 2.29. The van der Waals surface area contributed by atoms with Gasteiger partial charge in [0.15, 0.2) is 0 Å². The highest BCUT2D eigenvalue weighted by atomic mass is 16.5. The van der Waals surface area contributed by atoms with Gasteiger partial charge < -0.3 is 9.53 Å². The Morgan fingerprint density at radius 1 is 1.64 bits per heavy atom. The fourth-order valence-corrected chi connectivity index (χ4v) is 2.69. The molecule has 0 aromatic carbocycles. The summed E-state index contributed by atoms with van der Waals surface area (Å²) in [5.74, 6) is 0.639. The number of aldehydes is 1. The number of carbonyl (C=O) groups excluding carboxylic acids is 1.